The molecule has 1 aliphatic rings. The lowest BCUT2D eigenvalue weighted by molar-refractivity contribution is -0.115. The highest BCUT2D eigenvalue weighted by Crippen LogP contribution is 2.36. The molecule has 0 saturated heterocycles. The van der Waals surface area contributed by atoms with Crippen molar-refractivity contribution in [2.75, 3.05) is 28.8 Å². The molecule has 1 atom stereocenters. The first-order valence-electron chi connectivity index (χ1n) is 10.8. The lowest BCUT2D eigenvalue weighted by Gasteiger charge is -2.36. The number of aliphatic hydroxyl groups excluding tert-OH is 1. The molecule has 0 aliphatic carbocycles. The number of hydrogen-bond acceptors (Lipinski definition) is 6. The fraction of sp³-hybridized carbons (Fsp3) is 0.292. The van der Waals surface area contributed by atoms with E-state index in [0.717, 1.165) is 5.56 Å². The van der Waals surface area contributed by atoms with Crippen molar-refractivity contribution in [2.45, 2.75) is 32.2 Å². The molecule has 0 bridgehead atoms. The number of rotatable bonds is 7. The molecule has 1 aliphatic heterocycles. The van der Waals surface area contributed by atoms with Gasteiger partial charge in [0.15, 0.2) is 5.82 Å². The highest BCUT2D eigenvalue weighted by atomic mass is 19.4. The number of anilines is 4. The van der Waals surface area contributed by atoms with Crippen LogP contribution >= 0.6 is 0 Å². The molecule has 3 aromatic rings. The smallest absolute Gasteiger partial charge is 0.405 e. The van der Waals surface area contributed by atoms with Gasteiger partial charge < -0.3 is 15.2 Å². The molecule has 1 unspecified atom stereocenters. The minimum Gasteiger partial charge on any atom is -0.497 e. The van der Waals surface area contributed by atoms with Crippen LogP contribution in [0.25, 0.3) is 0 Å². The van der Waals surface area contributed by atoms with Gasteiger partial charge in [-0.3, -0.25) is 4.90 Å². The van der Waals surface area contributed by atoms with Crippen LogP contribution in [0.15, 0.2) is 54.7 Å². The number of ether oxygens (including phenoxy) is 1. The summed E-state index contributed by atoms with van der Waals surface area (Å²) in [6, 6.07) is 13.5. The summed E-state index contributed by atoms with van der Waals surface area (Å²) in [6.45, 7) is 0.514. The van der Waals surface area contributed by atoms with Crippen LogP contribution in [0.2, 0.25) is 0 Å². The van der Waals surface area contributed by atoms with Gasteiger partial charge in [0.05, 0.1) is 25.4 Å². The van der Waals surface area contributed by atoms with Crippen molar-refractivity contribution >= 4 is 29.2 Å². The van der Waals surface area contributed by atoms with Crippen LogP contribution in [-0.2, 0) is 13.0 Å². The molecule has 1 aromatic heterocycles. The quantitative estimate of drug-likeness (QED) is 0.504. The zero-order chi connectivity index (χ0) is 25.2. The van der Waals surface area contributed by atoms with E-state index >= 15 is 0 Å². The average Bonchev–Trinajstić information content (AvgIpc) is 2.82. The van der Waals surface area contributed by atoms with E-state index in [2.05, 4.69) is 15.3 Å². The van der Waals surface area contributed by atoms with E-state index in [-0.39, 0.29) is 18.3 Å². The van der Waals surface area contributed by atoms with Gasteiger partial charge in [-0.2, -0.15) is 18.2 Å². The van der Waals surface area contributed by atoms with Crippen LogP contribution in [-0.4, -0.2) is 47.0 Å². The summed E-state index contributed by atoms with van der Waals surface area (Å²) in [5.74, 6) is 0.595. The molecule has 11 heteroatoms. The van der Waals surface area contributed by atoms with Crippen LogP contribution < -0.4 is 19.9 Å². The number of halogens is 3. The molecule has 2 amide bonds. The standard InChI is InChI=1S/C24H24F3N5O3/c1-15(33)11-16-3-5-19(6-4-16)32-21-17(12-28-22(30-21)29-14-24(25,26)27)13-31(23(32)34)18-7-9-20(35-2)10-8-18/h3-10,12,15,33H,11,13-14H2,1-2H3,(H,28,29,30). The summed E-state index contributed by atoms with van der Waals surface area (Å²) < 4.78 is 43.3. The number of carbonyl (C=O) groups is 1. The largest absolute Gasteiger partial charge is 0.497 e. The third-order valence-corrected chi connectivity index (χ3v) is 5.36. The molecular weight excluding hydrogens is 463 g/mol. The Labute approximate surface area is 200 Å². The maximum absolute atomic E-state index is 13.7. The van der Waals surface area contributed by atoms with Crippen molar-refractivity contribution in [1.29, 1.82) is 0 Å². The molecule has 2 heterocycles. The summed E-state index contributed by atoms with van der Waals surface area (Å²) >= 11 is 0. The Hall–Kier alpha value is -3.86. The van der Waals surface area contributed by atoms with Crippen molar-refractivity contribution in [3.8, 4) is 5.75 Å². The molecule has 8 nitrogen and oxygen atoms in total. The summed E-state index contributed by atoms with van der Waals surface area (Å²) in [6.07, 6.45) is -3.12. The van der Waals surface area contributed by atoms with Gasteiger partial charge in [0.1, 0.15) is 12.3 Å². The first-order chi connectivity index (χ1) is 16.6. The van der Waals surface area contributed by atoms with E-state index in [1.165, 1.54) is 16.0 Å². The molecule has 4 rings (SSSR count). The lowest BCUT2D eigenvalue weighted by Crippen LogP contribution is -2.45. The number of benzene rings is 2. The molecule has 2 N–H and O–H groups in total. The van der Waals surface area contributed by atoms with Gasteiger partial charge in [-0.15, -0.1) is 0 Å². The summed E-state index contributed by atoms with van der Waals surface area (Å²) in [5, 5.41) is 11.8. The predicted octanol–water partition coefficient (Wildman–Crippen LogP) is 4.66. The number of nitrogens with one attached hydrogen (secondary N) is 1. The summed E-state index contributed by atoms with van der Waals surface area (Å²) in [4.78, 5) is 24.8. The van der Waals surface area contributed by atoms with Crippen LogP contribution in [0.3, 0.4) is 0 Å². The van der Waals surface area contributed by atoms with E-state index in [1.807, 2.05) is 0 Å². The van der Waals surface area contributed by atoms with E-state index in [1.54, 1.807) is 62.6 Å². The minimum atomic E-state index is -4.44. The van der Waals surface area contributed by atoms with E-state index < -0.39 is 24.9 Å². The monoisotopic (exact) mass is 487 g/mol. The van der Waals surface area contributed by atoms with Crippen molar-refractivity contribution < 1.29 is 27.8 Å². The predicted molar refractivity (Wildman–Crippen MR) is 125 cm³/mol. The maximum atomic E-state index is 13.7. The zero-order valence-corrected chi connectivity index (χ0v) is 19.1. The van der Waals surface area contributed by atoms with Crippen LogP contribution in [0.5, 0.6) is 5.75 Å². The number of alkyl halides is 3. The lowest BCUT2D eigenvalue weighted by atomic mass is 10.1. The second-order valence-corrected chi connectivity index (χ2v) is 8.13. The Morgan fingerprint density at radius 2 is 1.77 bits per heavy atom. The van der Waals surface area contributed by atoms with Gasteiger partial charge in [-0.1, -0.05) is 12.1 Å². The number of methoxy groups -OCH3 is 1. The summed E-state index contributed by atoms with van der Waals surface area (Å²) in [5.41, 5.74) is 2.52. The molecule has 0 saturated carbocycles. The number of carbonyl (C=O) groups excluding carboxylic acids is 1. The third kappa shape index (κ3) is 5.62. The van der Waals surface area contributed by atoms with Gasteiger partial charge in [0.2, 0.25) is 5.95 Å². The Bertz CT molecular complexity index is 1180. The number of fused-ring (bicyclic) bond motifs is 1. The van der Waals surface area contributed by atoms with Crippen molar-refractivity contribution in [2.24, 2.45) is 0 Å². The van der Waals surface area contributed by atoms with Gasteiger partial charge in [-0.25, -0.2) is 14.7 Å². The number of hydrogen-bond donors (Lipinski definition) is 2. The highest BCUT2D eigenvalue weighted by Gasteiger charge is 2.35. The number of aliphatic hydroxyl groups is 1. The van der Waals surface area contributed by atoms with Gasteiger partial charge in [0.25, 0.3) is 0 Å². The first kappa shape index (κ1) is 24.3. The third-order valence-electron chi connectivity index (χ3n) is 5.36. The maximum Gasteiger partial charge on any atom is 0.405 e. The number of urea groups is 1. The SMILES string of the molecule is COc1ccc(N2Cc3cnc(NCC(F)(F)F)nc3N(c3ccc(CC(C)O)cc3)C2=O)cc1. The Kier molecular flexibility index (Phi) is 6.79. The second kappa shape index (κ2) is 9.79. The van der Waals surface area contributed by atoms with Gasteiger partial charge in [-0.05, 0) is 55.3 Å². The van der Waals surface area contributed by atoms with Gasteiger partial charge in [0, 0.05) is 17.4 Å². The molecule has 35 heavy (non-hydrogen) atoms. The fourth-order valence-electron chi connectivity index (χ4n) is 3.74. The van der Waals surface area contributed by atoms with Crippen molar-refractivity contribution in [3.63, 3.8) is 0 Å². The Morgan fingerprint density at radius 3 is 2.37 bits per heavy atom. The molecule has 0 radical (unpaired) electrons. The zero-order valence-electron chi connectivity index (χ0n) is 19.1. The van der Waals surface area contributed by atoms with Crippen molar-refractivity contribution in [1.82, 2.24) is 9.97 Å². The van der Waals surface area contributed by atoms with E-state index in [4.69, 9.17) is 4.74 Å². The van der Waals surface area contributed by atoms with Crippen LogP contribution in [0, 0.1) is 0 Å². The number of amides is 2. The van der Waals surface area contributed by atoms with E-state index in [9.17, 15) is 23.1 Å². The molecule has 2 aromatic carbocycles. The van der Waals surface area contributed by atoms with Crippen LogP contribution in [0.1, 0.15) is 18.1 Å². The number of aromatic nitrogens is 2. The minimum absolute atomic E-state index is 0.136. The molecule has 184 valence electrons. The molecule has 0 fully saturated rings. The second-order valence-electron chi connectivity index (χ2n) is 8.13. The van der Waals surface area contributed by atoms with Crippen LogP contribution in [0.4, 0.5) is 41.1 Å². The van der Waals surface area contributed by atoms with Gasteiger partial charge >= 0.3 is 12.2 Å². The fourth-order valence-corrected chi connectivity index (χ4v) is 3.74. The van der Waals surface area contributed by atoms with E-state index in [0.29, 0.717) is 29.1 Å². The highest BCUT2D eigenvalue weighted by molar-refractivity contribution is 6.10. The summed E-state index contributed by atoms with van der Waals surface area (Å²) in [7, 11) is 1.54. The molecular formula is C24H24F3N5O3. The Balaban J connectivity index is 1.73. The molecule has 0 spiro atoms. The number of nitrogens with zero attached hydrogens (tertiary/aromatic N) is 4. The Morgan fingerprint density at radius 1 is 1.11 bits per heavy atom. The first-order valence-corrected chi connectivity index (χ1v) is 10.8. The normalized spacial score (nSPS) is 14.5. The van der Waals surface area contributed by atoms with Crippen molar-refractivity contribution in [3.05, 3.63) is 65.9 Å². The average molecular weight is 487 g/mol. The topological polar surface area (TPSA) is 90.8 Å².